The fourth-order valence-corrected chi connectivity index (χ4v) is 2.64. The molecule has 0 atom stereocenters. The topological polar surface area (TPSA) is 63.6 Å². The molecule has 0 aliphatic rings. The number of hydrogen-bond acceptors (Lipinski definition) is 4. The van der Waals surface area contributed by atoms with Crippen LogP contribution in [0.2, 0.25) is 10.0 Å². The zero-order valence-electron chi connectivity index (χ0n) is 9.93. The molecular weight excluding hydrogens is 329 g/mol. The molecule has 0 fully saturated rings. The lowest BCUT2D eigenvalue weighted by atomic mass is 10.4. The minimum Gasteiger partial charge on any atom is -0.480 e. The Morgan fingerprint density at radius 2 is 1.95 bits per heavy atom. The van der Waals surface area contributed by atoms with Crippen molar-refractivity contribution < 1.29 is 19.4 Å². The van der Waals surface area contributed by atoms with Crippen LogP contribution in [0.25, 0.3) is 0 Å². The SMILES string of the molecule is O=C(O)CO[13c]1[13cH][13cH][13c](C(=O)c2cccs2)[13c](Cl)[13c]1Cl. The molecule has 0 aliphatic carbocycles. The number of thiophene rings is 1. The Bertz CT molecular complexity index is 653. The second-order valence-corrected chi connectivity index (χ2v) is 5.43. The van der Waals surface area contributed by atoms with Crippen molar-refractivity contribution in [2.24, 2.45) is 0 Å². The molecule has 0 bridgehead atoms. The van der Waals surface area contributed by atoms with Crippen LogP contribution in [0.5, 0.6) is 5.75 Å². The minimum absolute atomic E-state index is 0.0234. The summed E-state index contributed by atoms with van der Waals surface area (Å²) in [5, 5.41) is 10.4. The first-order valence-corrected chi connectivity index (χ1v) is 7.05. The summed E-state index contributed by atoms with van der Waals surface area (Å²) in [6, 6.07) is 6.34. The molecule has 0 saturated heterocycles. The molecule has 0 aliphatic heterocycles. The average molecular weight is 337 g/mol. The third kappa shape index (κ3) is 3.12. The molecule has 20 heavy (non-hydrogen) atoms. The lowest BCUT2D eigenvalue weighted by Gasteiger charge is -2.09. The molecule has 2 rings (SSSR count). The number of rotatable bonds is 5. The van der Waals surface area contributed by atoms with Crippen molar-refractivity contribution in [1.82, 2.24) is 0 Å². The van der Waals surface area contributed by atoms with E-state index in [-0.39, 0.29) is 27.1 Å². The molecule has 2 aromatic rings. The zero-order valence-corrected chi connectivity index (χ0v) is 12.3. The van der Waals surface area contributed by atoms with Crippen LogP contribution in [0.4, 0.5) is 0 Å². The lowest BCUT2D eigenvalue weighted by molar-refractivity contribution is -0.139. The second-order valence-electron chi connectivity index (χ2n) is 3.73. The highest BCUT2D eigenvalue weighted by atomic mass is 35.5. The minimum atomic E-state index is -1.13. The Labute approximate surface area is 128 Å². The van der Waals surface area contributed by atoms with Gasteiger partial charge in [-0.05, 0) is 23.6 Å². The van der Waals surface area contributed by atoms with E-state index in [0.717, 1.165) is 0 Å². The molecule has 1 aromatic carbocycles. The molecule has 1 heterocycles. The highest BCUT2D eigenvalue weighted by molar-refractivity contribution is 7.12. The van der Waals surface area contributed by atoms with Crippen molar-refractivity contribution in [3.05, 3.63) is 50.1 Å². The van der Waals surface area contributed by atoms with Gasteiger partial charge in [-0.1, -0.05) is 29.3 Å². The van der Waals surface area contributed by atoms with Gasteiger partial charge < -0.3 is 9.84 Å². The van der Waals surface area contributed by atoms with E-state index in [1.54, 1.807) is 17.5 Å². The van der Waals surface area contributed by atoms with Gasteiger partial charge in [0.2, 0.25) is 5.78 Å². The summed E-state index contributed by atoms with van der Waals surface area (Å²) in [4.78, 5) is 23.2. The predicted octanol–water partition coefficient (Wildman–Crippen LogP) is 3.75. The van der Waals surface area contributed by atoms with E-state index < -0.39 is 12.6 Å². The molecule has 0 saturated carbocycles. The van der Waals surface area contributed by atoms with Crippen molar-refractivity contribution in [3.8, 4) is 5.75 Å². The molecule has 1 aromatic heterocycles. The van der Waals surface area contributed by atoms with Crippen LogP contribution in [0.15, 0.2) is 29.6 Å². The van der Waals surface area contributed by atoms with Crippen LogP contribution in [0.1, 0.15) is 15.2 Å². The van der Waals surface area contributed by atoms with Crippen molar-refractivity contribution >= 4 is 46.3 Å². The molecule has 4 nitrogen and oxygen atoms in total. The third-order valence-electron chi connectivity index (χ3n) is 2.39. The van der Waals surface area contributed by atoms with Crippen LogP contribution in [-0.2, 0) is 4.79 Å². The van der Waals surface area contributed by atoms with Gasteiger partial charge in [-0.15, -0.1) is 11.3 Å². The van der Waals surface area contributed by atoms with Crippen molar-refractivity contribution in [2.75, 3.05) is 6.61 Å². The Kier molecular flexibility index (Phi) is 4.65. The Morgan fingerprint density at radius 1 is 1.20 bits per heavy atom. The van der Waals surface area contributed by atoms with Crippen molar-refractivity contribution in [2.45, 2.75) is 0 Å². The van der Waals surface area contributed by atoms with E-state index in [1.165, 1.54) is 23.5 Å². The van der Waals surface area contributed by atoms with Gasteiger partial charge in [-0.25, -0.2) is 4.79 Å². The highest BCUT2D eigenvalue weighted by Crippen LogP contribution is 2.36. The van der Waals surface area contributed by atoms with E-state index >= 15 is 0 Å². The number of halogens is 2. The normalized spacial score (nSPS) is 10.3. The first kappa shape index (κ1) is 14.8. The van der Waals surface area contributed by atoms with Gasteiger partial charge in [0, 0.05) is 5.56 Å². The summed E-state index contributed by atoms with van der Waals surface area (Å²) in [5.41, 5.74) is 0.252. The number of carboxylic acid groups (broad SMARTS) is 1. The fourth-order valence-electron chi connectivity index (χ4n) is 1.50. The standard InChI is InChI=1S/C13H8Cl2O4S/c14-11-7(13(18)9-2-1-5-20-9)3-4-8(12(11)15)19-6-10(16)17/h1-5H,6H2,(H,16,17)/i3+1,4+1,7+1,8+1,11+1,12+1. The number of carbonyl (C=O) groups is 2. The summed E-state index contributed by atoms with van der Waals surface area (Å²) >= 11 is 13.3. The summed E-state index contributed by atoms with van der Waals surface area (Å²) in [7, 11) is 0. The number of carboxylic acids is 1. The van der Waals surface area contributed by atoms with Gasteiger partial charge in [0.25, 0.3) is 0 Å². The Balaban J connectivity index is 2.31. The summed E-state index contributed by atoms with van der Waals surface area (Å²) in [6.45, 7) is -0.533. The first-order chi connectivity index (χ1) is 9.50. The molecular formula is C13H8Cl2O4S. The monoisotopic (exact) mass is 336 g/mol. The van der Waals surface area contributed by atoms with Crippen LogP contribution >= 0.6 is 34.5 Å². The third-order valence-corrected chi connectivity index (χ3v) is 4.12. The summed E-state index contributed by atoms with van der Waals surface area (Å²) in [5.74, 6) is -1.24. The van der Waals surface area contributed by atoms with Crippen LogP contribution in [0.3, 0.4) is 0 Å². The van der Waals surface area contributed by atoms with Crippen molar-refractivity contribution in [1.29, 1.82) is 0 Å². The molecule has 7 heteroatoms. The van der Waals surface area contributed by atoms with E-state index in [9.17, 15) is 9.59 Å². The average Bonchev–Trinajstić information content (AvgIpc) is 2.93. The molecule has 0 spiro atoms. The van der Waals surface area contributed by atoms with E-state index in [0.29, 0.717) is 4.88 Å². The Hall–Kier alpha value is -1.56. The highest BCUT2D eigenvalue weighted by Gasteiger charge is 2.18. The molecule has 0 radical (unpaired) electrons. The predicted molar refractivity (Wildman–Crippen MR) is 77.3 cm³/mol. The quantitative estimate of drug-likeness (QED) is 0.844. The lowest BCUT2D eigenvalue weighted by Crippen LogP contribution is -2.10. The van der Waals surface area contributed by atoms with Gasteiger partial charge >= 0.3 is 5.97 Å². The smallest absolute Gasteiger partial charge is 0.341 e. The van der Waals surface area contributed by atoms with Crippen molar-refractivity contribution in [3.63, 3.8) is 0 Å². The molecule has 1 N–H and O–H groups in total. The Morgan fingerprint density at radius 3 is 2.55 bits per heavy atom. The van der Waals surface area contributed by atoms with Gasteiger partial charge in [0.15, 0.2) is 6.61 Å². The second kappa shape index (κ2) is 6.26. The number of ketones is 1. The zero-order chi connectivity index (χ0) is 14.7. The van der Waals surface area contributed by atoms with Gasteiger partial charge in [0.05, 0.1) is 9.90 Å². The van der Waals surface area contributed by atoms with Crippen LogP contribution in [0, 0.1) is 0 Å². The van der Waals surface area contributed by atoms with E-state index in [1.807, 2.05) is 0 Å². The number of benzene rings is 1. The summed E-state index contributed by atoms with van der Waals surface area (Å²) in [6.07, 6.45) is 0. The molecule has 0 amide bonds. The fraction of sp³-hybridized carbons (Fsp3) is 0.0769. The molecule has 104 valence electrons. The van der Waals surface area contributed by atoms with Gasteiger partial charge in [0.1, 0.15) is 10.8 Å². The van der Waals surface area contributed by atoms with E-state index in [4.69, 9.17) is 33.0 Å². The van der Waals surface area contributed by atoms with Crippen LogP contribution in [-0.4, -0.2) is 23.5 Å². The van der Waals surface area contributed by atoms with Gasteiger partial charge in [-0.2, -0.15) is 0 Å². The number of ether oxygens (including phenoxy) is 1. The van der Waals surface area contributed by atoms with E-state index in [2.05, 4.69) is 0 Å². The number of hydrogen-bond donors (Lipinski definition) is 1. The number of aliphatic carboxylic acids is 1. The van der Waals surface area contributed by atoms with Crippen LogP contribution < -0.4 is 4.74 Å². The summed E-state index contributed by atoms with van der Waals surface area (Å²) < 4.78 is 4.98. The van der Waals surface area contributed by atoms with Gasteiger partial charge in [-0.3, -0.25) is 4.79 Å². The first-order valence-electron chi connectivity index (χ1n) is 5.41. The maximum atomic E-state index is 12.2. The largest absolute Gasteiger partial charge is 0.480 e. The maximum absolute atomic E-state index is 12.2. The maximum Gasteiger partial charge on any atom is 0.341 e. The molecule has 0 unspecified atom stereocenters. The number of carbonyl (C=O) groups excluding carboxylic acids is 1.